The van der Waals surface area contributed by atoms with E-state index < -0.39 is 5.82 Å². The SMILES string of the molecule is COc1cc([N+](=O)OC)ccc1OCC#CC#CCOc1cc(N)c(F)cc1Cl. The summed E-state index contributed by atoms with van der Waals surface area (Å²) < 4.78 is 29.2. The summed E-state index contributed by atoms with van der Waals surface area (Å²) in [6.45, 7) is 0.0533. The minimum Gasteiger partial charge on any atom is -0.493 e. The number of hydrogen-bond acceptors (Lipinski definition) is 6. The fraction of sp³-hybridized carbons (Fsp3) is 0.200. The predicted molar refractivity (Wildman–Crippen MR) is 106 cm³/mol. The van der Waals surface area contributed by atoms with E-state index in [0.717, 1.165) is 6.07 Å². The van der Waals surface area contributed by atoms with Crippen LogP contribution < -0.4 is 19.9 Å². The molecule has 7 nitrogen and oxygen atoms in total. The van der Waals surface area contributed by atoms with Gasteiger partial charge in [-0.15, -0.1) is 0 Å². The van der Waals surface area contributed by atoms with Crippen molar-refractivity contribution in [3.05, 3.63) is 46.1 Å². The molecule has 0 unspecified atom stereocenters. The number of ether oxygens (including phenoxy) is 3. The maximum Gasteiger partial charge on any atom is 0.320 e. The molecule has 29 heavy (non-hydrogen) atoms. The van der Waals surface area contributed by atoms with E-state index in [-0.39, 0.29) is 35.4 Å². The van der Waals surface area contributed by atoms with Crippen molar-refractivity contribution in [1.82, 2.24) is 0 Å². The van der Waals surface area contributed by atoms with Gasteiger partial charge in [0.25, 0.3) is 4.92 Å². The summed E-state index contributed by atoms with van der Waals surface area (Å²) in [6.07, 6.45) is 0. The molecule has 0 saturated heterocycles. The third-order valence-electron chi connectivity index (χ3n) is 3.41. The van der Waals surface area contributed by atoms with Crippen LogP contribution in [0.3, 0.4) is 0 Å². The number of nitrogens with two attached hydrogens (primary N) is 1. The van der Waals surface area contributed by atoms with Crippen LogP contribution in [-0.2, 0) is 4.84 Å². The van der Waals surface area contributed by atoms with Gasteiger partial charge in [0.15, 0.2) is 18.6 Å². The van der Waals surface area contributed by atoms with Crippen molar-refractivity contribution in [3.63, 3.8) is 0 Å². The van der Waals surface area contributed by atoms with E-state index in [4.69, 9.17) is 31.5 Å². The number of nitrogen functional groups attached to an aromatic ring is 1. The molecule has 150 valence electrons. The van der Waals surface area contributed by atoms with Gasteiger partial charge in [-0.05, 0) is 35.8 Å². The van der Waals surface area contributed by atoms with Gasteiger partial charge in [0.05, 0.1) is 28.8 Å². The Kier molecular flexibility index (Phi) is 7.96. The Labute approximate surface area is 172 Å². The maximum absolute atomic E-state index is 13.2. The van der Waals surface area contributed by atoms with E-state index in [2.05, 4.69) is 28.5 Å². The molecular formula is C20H17ClFN2O5+. The van der Waals surface area contributed by atoms with E-state index in [1.807, 2.05) is 0 Å². The lowest BCUT2D eigenvalue weighted by atomic mass is 10.3. The Morgan fingerprint density at radius 3 is 2.31 bits per heavy atom. The molecule has 0 atom stereocenters. The highest BCUT2D eigenvalue weighted by Gasteiger charge is 2.17. The zero-order chi connectivity index (χ0) is 21.2. The van der Waals surface area contributed by atoms with E-state index in [9.17, 15) is 9.30 Å². The van der Waals surface area contributed by atoms with Crippen molar-refractivity contribution in [1.29, 1.82) is 0 Å². The quantitative estimate of drug-likeness (QED) is 0.420. The largest absolute Gasteiger partial charge is 0.493 e. The van der Waals surface area contributed by atoms with E-state index in [0.29, 0.717) is 16.4 Å². The lowest BCUT2D eigenvalue weighted by Crippen LogP contribution is -2.00. The molecule has 2 aromatic rings. The molecule has 2 rings (SSSR count). The highest BCUT2D eigenvalue weighted by atomic mass is 35.5. The van der Waals surface area contributed by atoms with Crippen molar-refractivity contribution in [2.45, 2.75) is 0 Å². The van der Waals surface area contributed by atoms with Crippen molar-refractivity contribution in [2.24, 2.45) is 0 Å². The summed E-state index contributed by atoms with van der Waals surface area (Å²) in [6, 6.07) is 6.92. The Hall–Kier alpha value is -3.62. The van der Waals surface area contributed by atoms with Gasteiger partial charge < -0.3 is 19.9 Å². The van der Waals surface area contributed by atoms with Crippen molar-refractivity contribution in [3.8, 4) is 40.9 Å². The minimum atomic E-state index is -0.616. The fourth-order valence-corrected chi connectivity index (χ4v) is 2.24. The monoisotopic (exact) mass is 419 g/mol. The molecule has 0 aliphatic heterocycles. The zero-order valence-corrected chi connectivity index (χ0v) is 16.4. The normalized spacial score (nSPS) is 9.38. The smallest absolute Gasteiger partial charge is 0.320 e. The topological polar surface area (TPSA) is 83.0 Å². The number of hydrogen-bond donors (Lipinski definition) is 1. The van der Waals surface area contributed by atoms with Gasteiger partial charge in [0.2, 0.25) is 0 Å². The molecule has 0 radical (unpaired) electrons. The van der Waals surface area contributed by atoms with Gasteiger partial charge in [0.1, 0.15) is 24.8 Å². The first-order valence-corrected chi connectivity index (χ1v) is 8.49. The Morgan fingerprint density at radius 2 is 1.69 bits per heavy atom. The number of benzene rings is 2. The molecule has 0 aliphatic carbocycles. The van der Waals surface area contributed by atoms with Crippen LogP contribution in [0, 0.1) is 34.4 Å². The van der Waals surface area contributed by atoms with E-state index in [1.54, 1.807) is 6.07 Å². The minimum absolute atomic E-state index is 0.000803. The molecule has 0 aromatic heterocycles. The van der Waals surface area contributed by atoms with Crippen molar-refractivity contribution in [2.75, 3.05) is 33.2 Å². The van der Waals surface area contributed by atoms with Gasteiger partial charge in [-0.25, -0.2) is 9.23 Å². The van der Waals surface area contributed by atoms with Crippen molar-refractivity contribution >= 4 is 23.0 Å². The van der Waals surface area contributed by atoms with Gasteiger partial charge in [-0.3, -0.25) is 0 Å². The lowest BCUT2D eigenvalue weighted by Gasteiger charge is -2.07. The molecule has 2 aromatic carbocycles. The highest BCUT2D eigenvalue weighted by molar-refractivity contribution is 6.32. The van der Waals surface area contributed by atoms with E-state index in [1.165, 1.54) is 32.4 Å². The first kappa shape index (κ1) is 21.7. The lowest BCUT2D eigenvalue weighted by molar-refractivity contribution is -0.736. The number of methoxy groups -OCH3 is 1. The van der Waals surface area contributed by atoms with Gasteiger partial charge in [0, 0.05) is 12.1 Å². The number of rotatable bonds is 7. The van der Waals surface area contributed by atoms with Crippen LogP contribution in [0.4, 0.5) is 15.8 Å². The third-order valence-corrected chi connectivity index (χ3v) is 3.71. The summed E-state index contributed by atoms with van der Waals surface area (Å²) in [5.41, 5.74) is 5.65. The average Bonchev–Trinajstić information content (AvgIpc) is 2.72. The molecule has 0 amide bonds. The number of nitrogens with zero attached hydrogens (tertiary/aromatic N) is 1. The first-order valence-electron chi connectivity index (χ1n) is 8.11. The Morgan fingerprint density at radius 1 is 1.03 bits per heavy atom. The van der Waals surface area contributed by atoms with Crippen LogP contribution in [0.25, 0.3) is 0 Å². The summed E-state index contributed by atoms with van der Waals surface area (Å²) in [7, 11) is 2.71. The summed E-state index contributed by atoms with van der Waals surface area (Å²) in [5.74, 6) is 11.0. The van der Waals surface area contributed by atoms with Gasteiger partial charge >= 0.3 is 5.69 Å². The van der Waals surface area contributed by atoms with Crippen LogP contribution >= 0.6 is 11.6 Å². The molecule has 9 heteroatoms. The second-order valence-electron chi connectivity index (χ2n) is 5.26. The van der Waals surface area contributed by atoms with Crippen molar-refractivity contribution < 1.29 is 28.4 Å². The molecule has 0 aliphatic rings. The Balaban J connectivity index is 1.86. The van der Waals surface area contributed by atoms with E-state index >= 15 is 0 Å². The van der Waals surface area contributed by atoms with Crippen LogP contribution in [0.1, 0.15) is 0 Å². The molecule has 0 heterocycles. The van der Waals surface area contributed by atoms with Crippen LogP contribution in [0.15, 0.2) is 30.3 Å². The maximum atomic E-state index is 13.2. The molecule has 0 saturated carbocycles. The first-order chi connectivity index (χ1) is 14.0. The van der Waals surface area contributed by atoms with Crippen LogP contribution in [-0.4, -0.2) is 32.4 Å². The third kappa shape index (κ3) is 6.20. The fourth-order valence-electron chi connectivity index (χ4n) is 2.04. The second kappa shape index (κ2) is 10.6. The molecule has 0 fully saturated rings. The summed E-state index contributed by atoms with van der Waals surface area (Å²) >= 11 is 5.85. The summed E-state index contributed by atoms with van der Waals surface area (Å²) in [4.78, 5) is 16.4. The number of anilines is 1. The van der Waals surface area contributed by atoms with Gasteiger partial charge in [-0.1, -0.05) is 11.6 Å². The standard InChI is InChI=1S/C20H17ClFN2O5/c1-26-20-11-14(24(25)27-2)7-8-18(20)28-9-5-3-4-6-10-29-19-13-17(23)16(22)12-15(19)21/h7-8,11-13H,9-10,23H2,1-2H3/q+1. The highest BCUT2D eigenvalue weighted by Crippen LogP contribution is 2.31. The van der Waals surface area contributed by atoms with Crippen LogP contribution in [0.5, 0.6) is 17.2 Å². The molecular weight excluding hydrogens is 403 g/mol. The average molecular weight is 420 g/mol. The second-order valence-corrected chi connectivity index (χ2v) is 5.67. The van der Waals surface area contributed by atoms with Crippen LogP contribution in [0.2, 0.25) is 5.02 Å². The zero-order valence-electron chi connectivity index (χ0n) is 15.6. The molecule has 0 bridgehead atoms. The molecule has 0 spiro atoms. The molecule has 2 N–H and O–H groups in total. The Bertz CT molecular complexity index is 1020. The van der Waals surface area contributed by atoms with Gasteiger partial charge in [-0.2, -0.15) is 0 Å². The predicted octanol–water partition coefficient (Wildman–Crippen LogP) is 3.51. The summed E-state index contributed by atoms with van der Waals surface area (Å²) in [5, 5.41) is 0.101. The number of halogens is 2.